The Morgan fingerprint density at radius 3 is 2.74 bits per heavy atom. The predicted molar refractivity (Wildman–Crippen MR) is 81.2 cm³/mol. The molecule has 0 aromatic heterocycles. The van der Waals surface area contributed by atoms with E-state index in [4.69, 9.17) is 23.2 Å². The van der Waals surface area contributed by atoms with Crippen molar-refractivity contribution in [2.45, 2.75) is 17.1 Å². The maximum absolute atomic E-state index is 12.3. The first-order valence-electron chi connectivity index (χ1n) is 6.19. The van der Waals surface area contributed by atoms with Gasteiger partial charge >= 0.3 is 0 Å². The molecular weight excluding hydrogens is 303 g/mol. The van der Waals surface area contributed by atoms with Crippen molar-refractivity contribution >= 4 is 40.9 Å². The second-order valence-corrected chi connectivity index (χ2v) is 6.64. The van der Waals surface area contributed by atoms with E-state index in [1.54, 1.807) is 18.2 Å². The Labute approximate surface area is 127 Å². The van der Waals surface area contributed by atoms with Crippen molar-refractivity contribution in [1.82, 2.24) is 10.2 Å². The van der Waals surface area contributed by atoms with Crippen molar-refractivity contribution in [3.8, 4) is 0 Å². The van der Waals surface area contributed by atoms with Gasteiger partial charge < -0.3 is 10.2 Å². The highest BCUT2D eigenvalue weighted by Gasteiger charge is 2.23. The highest BCUT2D eigenvalue weighted by Crippen LogP contribution is 2.33. The Kier molecular flexibility index (Phi) is 5.39. The van der Waals surface area contributed by atoms with Crippen molar-refractivity contribution in [3.63, 3.8) is 0 Å². The fraction of sp³-hybridized carbons (Fsp3) is 0.462. The maximum atomic E-state index is 12.3. The Balaban J connectivity index is 2.01. The molecule has 3 nitrogen and oxygen atoms in total. The zero-order valence-electron chi connectivity index (χ0n) is 10.7. The lowest BCUT2D eigenvalue weighted by molar-refractivity contribution is -0.130. The highest BCUT2D eigenvalue weighted by atomic mass is 35.5. The molecule has 19 heavy (non-hydrogen) atoms. The molecule has 0 bridgehead atoms. The number of carbonyl (C=O) groups excluding carboxylic acids is 1. The van der Waals surface area contributed by atoms with E-state index in [2.05, 4.69) is 5.32 Å². The molecule has 0 spiro atoms. The Hall–Kier alpha value is -0.420. The molecule has 1 amide bonds. The summed E-state index contributed by atoms with van der Waals surface area (Å²) in [5.41, 5.74) is 0. The summed E-state index contributed by atoms with van der Waals surface area (Å²) in [6.07, 6.45) is 0. The van der Waals surface area contributed by atoms with Crippen LogP contribution in [0.2, 0.25) is 10.0 Å². The van der Waals surface area contributed by atoms with E-state index in [1.807, 2.05) is 11.8 Å². The van der Waals surface area contributed by atoms with Crippen molar-refractivity contribution in [3.05, 3.63) is 28.2 Å². The molecule has 1 aliphatic rings. The average Bonchev–Trinajstić information content (AvgIpc) is 2.43. The molecule has 1 unspecified atom stereocenters. The van der Waals surface area contributed by atoms with E-state index in [-0.39, 0.29) is 11.2 Å². The molecule has 1 saturated heterocycles. The Morgan fingerprint density at radius 1 is 1.37 bits per heavy atom. The number of carbonyl (C=O) groups is 1. The minimum Gasteiger partial charge on any atom is -0.339 e. The molecule has 0 aliphatic carbocycles. The minimum atomic E-state index is -0.158. The van der Waals surface area contributed by atoms with Crippen molar-refractivity contribution in [2.75, 3.05) is 26.2 Å². The van der Waals surface area contributed by atoms with Crippen LogP contribution in [0.15, 0.2) is 23.1 Å². The van der Waals surface area contributed by atoms with Gasteiger partial charge in [-0.15, -0.1) is 11.8 Å². The van der Waals surface area contributed by atoms with Crippen LogP contribution in [0.1, 0.15) is 6.92 Å². The average molecular weight is 319 g/mol. The fourth-order valence-corrected chi connectivity index (χ4v) is 3.45. The number of thioether (sulfide) groups is 1. The molecule has 1 N–H and O–H groups in total. The number of hydrogen-bond acceptors (Lipinski definition) is 3. The van der Waals surface area contributed by atoms with Gasteiger partial charge in [0.05, 0.1) is 10.3 Å². The topological polar surface area (TPSA) is 32.3 Å². The van der Waals surface area contributed by atoms with E-state index in [1.165, 1.54) is 11.8 Å². The summed E-state index contributed by atoms with van der Waals surface area (Å²) in [4.78, 5) is 15.0. The number of piperazine rings is 1. The molecule has 1 fully saturated rings. The largest absolute Gasteiger partial charge is 0.339 e. The molecule has 1 atom stereocenters. The van der Waals surface area contributed by atoms with Gasteiger partial charge in [0.2, 0.25) is 5.91 Å². The molecule has 6 heteroatoms. The van der Waals surface area contributed by atoms with Crippen LogP contribution in [-0.2, 0) is 4.79 Å². The monoisotopic (exact) mass is 318 g/mol. The molecular formula is C13H16Cl2N2OS. The number of benzene rings is 1. The van der Waals surface area contributed by atoms with Crippen molar-refractivity contribution in [1.29, 1.82) is 0 Å². The van der Waals surface area contributed by atoms with Crippen LogP contribution in [0.3, 0.4) is 0 Å². The SMILES string of the molecule is CC(Sc1cc(Cl)ccc1Cl)C(=O)N1CCNCC1. The second-order valence-electron chi connectivity index (χ2n) is 4.41. The van der Waals surface area contributed by atoms with E-state index in [0.717, 1.165) is 31.1 Å². The fourth-order valence-electron chi connectivity index (χ4n) is 1.95. The van der Waals surface area contributed by atoms with Crippen LogP contribution in [-0.4, -0.2) is 42.2 Å². The molecule has 1 aromatic carbocycles. The molecule has 1 aliphatic heterocycles. The number of rotatable bonds is 3. The minimum absolute atomic E-state index is 0.155. The zero-order valence-corrected chi connectivity index (χ0v) is 13.0. The normalized spacial score (nSPS) is 17.3. The van der Waals surface area contributed by atoms with E-state index < -0.39 is 0 Å². The quantitative estimate of drug-likeness (QED) is 0.870. The van der Waals surface area contributed by atoms with Crippen molar-refractivity contribution < 1.29 is 4.79 Å². The Bertz CT molecular complexity index is 464. The first-order valence-corrected chi connectivity index (χ1v) is 7.82. The molecule has 2 rings (SSSR count). The summed E-state index contributed by atoms with van der Waals surface area (Å²) >= 11 is 13.5. The third kappa shape index (κ3) is 4.02. The van der Waals surface area contributed by atoms with Crippen LogP contribution in [0, 0.1) is 0 Å². The lowest BCUT2D eigenvalue weighted by atomic mass is 10.3. The summed E-state index contributed by atoms with van der Waals surface area (Å²) < 4.78 is 0. The number of hydrogen-bond donors (Lipinski definition) is 1. The van der Waals surface area contributed by atoms with Gasteiger partial charge in [-0.2, -0.15) is 0 Å². The van der Waals surface area contributed by atoms with Crippen molar-refractivity contribution in [2.24, 2.45) is 0 Å². The van der Waals surface area contributed by atoms with Gasteiger partial charge in [-0.05, 0) is 25.1 Å². The predicted octanol–water partition coefficient (Wildman–Crippen LogP) is 2.91. The summed E-state index contributed by atoms with van der Waals surface area (Å²) in [7, 11) is 0. The number of halogens is 2. The van der Waals surface area contributed by atoms with Crippen LogP contribution < -0.4 is 5.32 Å². The molecule has 1 heterocycles. The third-order valence-electron chi connectivity index (χ3n) is 2.97. The summed E-state index contributed by atoms with van der Waals surface area (Å²) in [6, 6.07) is 5.31. The lowest BCUT2D eigenvalue weighted by Crippen LogP contribution is -2.48. The number of nitrogens with zero attached hydrogens (tertiary/aromatic N) is 1. The smallest absolute Gasteiger partial charge is 0.235 e. The number of amides is 1. The maximum Gasteiger partial charge on any atom is 0.235 e. The van der Waals surface area contributed by atoms with Gasteiger partial charge in [0.15, 0.2) is 0 Å². The van der Waals surface area contributed by atoms with E-state index in [0.29, 0.717) is 10.0 Å². The lowest BCUT2D eigenvalue weighted by Gasteiger charge is -2.29. The van der Waals surface area contributed by atoms with Crippen LogP contribution in [0.4, 0.5) is 0 Å². The first kappa shape index (κ1) is 15.0. The van der Waals surface area contributed by atoms with Gasteiger partial charge in [0, 0.05) is 36.1 Å². The first-order chi connectivity index (χ1) is 9.08. The second kappa shape index (κ2) is 6.84. The van der Waals surface area contributed by atoms with E-state index >= 15 is 0 Å². The Morgan fingerprint density at radius 2 is 2.05 bits per heavy atom. The van der Waals surface area contributed by atoms with Crippen LogP contribution in [0.25, 0.3) is 0 Å². The summed E-state index contributed by atoms with van der Waals surface area (Å²) in [6.45, 7) is 5.17. The van der Waals surface area contributed by atoms with Gasteiger partial charge in [-0.3, -0.25) is 4.79 Å². The molecule has 0 radical (unpaired) electrons. The molecule has 1 aromatic rings. The van der Waals surface area contributed by atoms with Crippen LogP contribution >= 0.6 is 35.0 Å². The molecule has 0 saturated carbocycles. The van der Waals surface area contributed by atoms with Crippen LogP contribution in [0.5, 0.6) is 0 Å². The van der Waals surface area contributed by atoms with Gasteiger partial charge in [0.1, 0.15) is 0 Å². The zero-order chi connectivity index (χ0) is 13.8. The third-order valence-corrected chi connectivity index (χ3v) is 4.80. The summed E-state index contributed by atoms with van der Waals surface area (Å²) in [5.74, 6) is 0.155. The van der Waals surface area contributed by atoms with Gasteiger partial charge in [-0.25, -0.2) is 0 Å². The number of nitrogens with one attached hydrogen (secondary N) is 1. The van der Waals surface area contributed by atoms with E-state index in [9.17, 15) is 4.79 Å². The van der Waals surface area contributed by atoms with Gasteiger partial charge in [0.25, 0.3) is 0 Å². The van der Waals surface area contributed by atoms with Gasteiger partial charge in [-0.1, -0.05) is 23.2 Å². The summed E-state index contributed by atoms with van der Waals surface area (Å²) in [5, 5.41) is 4.34. The molecule has 104 valence electrons. The highest BCUT2D eigenvalue weighted by molar-refractivity contribution is 8.00. The standard InChI is InChI=1S/C13H16Cl2N2OS/c1-9(13(18)17-6-4-16-5-7-17)19-12-8-10(14)2-3-11(12)15/h2-3,8-9,16H,4-7H2,1H3.